The van der Waals surface area contributed by atoms with E-state index in [-0.39, 0.29) is 15.7 Å². The Labute approximate surface area is 126 Å². The molecule has 0 aliphatic rings. The average molecular weight is 364 g/mol. The van der Waals surface area contributed by atoms with Crippen LogP contribution in [0.3, 0.4) is 0 Å². The average Bonchev–Trinajstić information content (AvgIpc) is 2.37. The van der Waals surface area contributed by atoms with Crippen molar-refractivity contribution in [1.82, 2.24) is 4.98 Å². The summed E-state index contributed by atoms with van der Waals surface area (Å²) in [6, 6.07) is 5.30. The first-order valence-electron chi connectivity index (χ1n) is 5.05. The van der Waals surface area contributed by atoms with E-state index in [1.165, 1.54) is 18.3 Å². The number of amides is 1. The van der Waals surface area contributed by atoms with Gasteiger partial charge in [0.15, 0.2) is 5.15 Å². The van der Waals surface area contributed by atoms with Gasteiger partial charge in [-0.2, -0.15) is 0 Å². The summed E-state index contributed by atoms with van der Waals surface area (Å²) in [6.07, 6.45) is 1.51. The van der Waals surface area contributed by atoms with Crippen molar-refractivity contribution in [3.05, 3.63) is 56.5 Å². The van der Waals surface area contributed by atoms with Crippen LogP contribution in [0.15, 0.2) is 34.9 Å². The predicted molar refractivity (Wildman–Crippen MR) is 76.3 cm³/mol. The summed E-state index contributed by atoms with van der Waals surface area (Å²) in [5.74, 6) is -1.04. The first-order chi connectivity index (χ1) is 8.97. The van der Waals surface area contributed by atoms with Crippen LogP contribution in [0.2, 0.25) is 10.2 Å². The van der Waals surface area contributed by atoms with Gasteiger partial charge in [-0.1, -0.05) is 23.2 Å². The summed E-state index contributed by atoms with van der Waals surface area (Å²) in [6.45, 7) is 0. The molecule has 98 valence electrons. The van der Waals surface area contributed by atoms with E-state index in [1.807, 2.05) is 0 Å². The number of rotatable bonds is 2. The fourth-order valence-electron chi connectivity index (χ4n) is 1.34. The second kappa shape index (κ2) is 5.86. The Morgan fingerprint density at radius 3 is 2.74 bits per heavy atom. The highest BCUT2D eigenvalue weighted by atomic mass is 79.9. The van der Waals surface area contributed by atoms with E-state index in [0.717, 1.165) is 6.07 Å². The van der Waals surface area contributed by atoms with E-state index < -0.39 is 11.7 Å². The van der Waals surface area contributed by atoms with Crippen LogP contribution < -0.4 is 5.32 Å². The van der Waals surface area contributed by atoms with Gasteiger partial charge in [0.25, 0.3) is 5.91 Å². The molecule has 0 aliphatic heterocycles. The summed E-state index contributed by atoms with van der Waals surface area (Å²) in [5.41, 5.74) is 0.573. The molecule has 0 aliphatic carbocycles. The number of carbonyl (C=O) groups is 1. The van der Waals surface area contributed by atoms with Crippen molar-refractivity contribution in [2.75, 3.05) is 5.32 Å². The number of benzene rings is 1. The van der Waals surface area contributed by atoms with Crippen molar-refractivity contribution < 1.29 is 9.18 Å². The summed E-state index contributed by atoms with van der Waals surface area (Å²) < 4.78 is 13.7. The summed E-state index contributed by atoms with van der Waals surface area (Å²) in [4.78, 5) is 15.8. The Morgan fingerprint density at radius 2 is 2.05 bits per heavy atom. The topological polar surface area (TPSA) is 42.0 Å². The molecule has 0 saturated carbocycles. The lowest BCUT2D eigenvalue weighted by Gasteiger charge is -2.07. The van der Waals surface area contributed by atoms with Gasteiger partial charge in [0.1, 0.15) is 5.82 Å². The van der Waals surface area contributed by atoms with Crippen molar-refractivity contribution in [3.8, 4) is 0 Å². The second-order valence-corrected chi connectivity index (χ2v) is 5.26. The van der Waals surface area contributed by atoms with Gasteiger partial charge in [0, 0.05) is 16.2 Å². The number of hydrogen-bond acceptors (Lipinski definition) is 2. The lowest BCUT2D eigenvalue weighted by atomic mass is 10.2. The number of pyridine rings is 1. The normalized spacial score (nSPS) is 10.3. The monoisotopic (exact) mass is 362 g/mol. The summed E-state index contributed by atoms with van der Waals surface area (Å²) in [5, 5.41) is 2.61. The third kappa shape index (κ3) is 3.43. The smallest absolute Gasteiger partial charge is 0.255 e. The number of carbonyl (C=O) groups excluding carboxylic acids is 1. The van der Waals surface area contributed by atoms with Crippen LogP contribution in [0, 0.1) is 5.82 Å². The fourth-order valence-corrected chi connectivity index (χ4v) is 2.00. The Hall–Kier alpha value is -1.17. The van der Waals surface area contributed by atoms with E-state index in [2.05, 4.69) is 26.2 Å². The highest BCUT2D eigenvalue weighted by molar-refractivity contribution is 9.10. The molecule has 0 spiro atoms. The van der Waals surface area contributed by atoms with E-state index in [1.54, 1.807) is 6.07 Å². The highest BCUT2D eigenvalue weighted by Crippen LogP contribution is 2.24. The minimum absolute atomic E-state index is 0.119. The molecule has 0 radical (unpaired) electrons. The van der Waals surface area contributed by atoms with Crippen molar-refractivity contribution in [2.24, 2.45) is 0 Å². The SMILES string of the molecule is O=C(Nc1cc(Br)cnc1Cl)c1ccc(F)c(Cl)c1. The molecular weight excluding hydrogens is 358 g/mol. The molecule has 2 aromatic rings. The lowest BCUT2D eigenvalue weighted by Crippen LogP contribution is -2.12. The van der Waals surface area contributed by atoms with E-state index in [9.17, 15) is 9.18 Å². The predicted octanol–water partition coefficient (Wildman–Crippen LogP) is 4.54. The zero-order chi connectivity index (χ0) is 14.0. The molecular formula is C12H6BrCl2FN2O. The van der Waals surface area contributed by atoms with Gasteiger partial charge in [-0.15, -0.1) is 0 Å². The van der Waals surface area contributed by atoms with Crippen molar-refractivity contribution >= 4 is 50.7 Å². The van der Waals surface area contributed by atoms with Crippen LogP contribution in [0.25, 0.3) is 0 Å². The van der Waals surface area contributed by atoms with Crippen LogP contribution in [0.1, 0.15) is 10.4 Å². The maximum Gasteiger partial charge on any atom is 0.255 e. The lowest BCUT2D eigenvalue weighted by molar-refractivity contribution is 0.102. The van der Waals surface area contributed by atoms with E-state index in [4.69, 9.17) is 23.2 Å². The van der Waals surface area contributed by atoms with Crippen molar-refractivity contribution in [1.29, 1.82) is 0 Å². The molecule has 1 aromatic carbocycles. The Balaban J connectivity index is 2.25. The van der Waals surface area contributed by atoms with Gasteiger partial charge < -0.3 is 5.32 Å². The first kappa shape index (κ1) is 14.2. The van der Waals surface area contributed by atoms with Crippen molar-refractivity contribution in [3.63, 3.8) is 0 Å². The third-order valence-electron chi connectivity index (χ3n) is 2.24. The van der Waals surface area contributed by atoms with Crippen LogP contribution in [0.5, 0.6) is 0 Å². The first-order valence-corrected chi connectivity index (χ1v) is 6.59. The van der Waals surface area contributed by atoms with Gasteiger partial charge in [-0.25, -0.2) is 9.37 Å². The maximum atomic E-state index is 13.0. The number of anilines is 1. The molecule has 0 unspecified atom stereocenters. The van der Waals surface area contributed by atoms with E-state index in [0.29, 0.717) is 10.2 Å². The minimum atomic E-state index is -0.583. The van der Waals surface area contributed by atoms with Gasteiger partial charge in [-0.3, -0.25) is 4.79 Å². The number of halogens is 4. The largest absolute Gasteiger partial charge is 0.319 e. The highest BCUT2D eigenvalue weighted by Gasteiger charge is 2.11. The maximum absolute atomic E-state index is 13.0. The molecule has 1 N–H and O–H groups in total. The van der Waals surface area contributed by atoms with Crippen molar-refractivity contribution in [2.45, 2.75) is 0 Å². The Morgan fingerprint density at radius 1 is 1.32 bits per heavy atom. The minimum Gasteiger partial charge on any atom is -0.319 e. The molecule has 19 heavy (non-hydrogen) atoms. The molecule has 1 aromatic heterocycles. The summed E-state index contributed by atoms with van der Waals surface area (Å²) in [7, 11) is 0. The third-order valence-corrected chi connectivity index (χ3v) is 3.26. The number of aromatic nitrogens is 1. The molecule has 2 rings (SSSR count). The zero-order valence-corrected chi connectivity index (χ0v) is 12.4. The molecule has 7 heteroatoms. The molecule has 1 heterocycles. The summed E-state index contributed by atoms with van der Waals surface area (Å²) >= 11 is 14.7. The Bertz CT molecular complexity index is 652. The van der Waals surface area contributed by atoms with Crippen LogP contribution in [-0.2, 0) is 0 Å². The quantitative estimate of drug-likeness (QED) is 0.795. The van der Waals surface area contributed by atoms with Crippen LogP contribution in [0.4, 0.5) is 10.1 Å². The number of hydrogen-bond donors (Lipinski definition) is 1. The van der Waals surface area contributed by atoms with Crippen LogP contribution >= 0.6 is 39.1 Å². The van der Waals surface area contributed by atoms with Gasteiger partial charge >= 0.3 is 0 Å². The fraction of sp³-hybridized carbons (Fsp3) is 0. The second-order valence-electron chi connectivity index (χ2n) is 3.57. The van der Waals surface area contributed by atoms with Gasteiger partial charge in [0.05, 0.1) is 10.7 Å². The van der Waals surface area contributed by atoms with Gasteiger partial charge in [-0.05, 0) is 40.2 Å². The van der Waals surface area contributed by atoms with E-state index >= 15 is 0 Å². The molecule has 0 fully saturated rings. The van der Waals surface area contributed by atoms with Gasteiger partial charge in [0.2, 0.25) is 0 Å². The molecule has 0 bridgehead atoms. The molecule has 1 amide bonds. The molecule has 3 nitrogen and oxygen atoms in total. The molecule has 0 saturated heterocycles. The number of nitrogens with one attached hydrogen (secondary N) is 1. The van der Waals surface area contributed by atoms with Crippen LogP contribution in [-0.4, -0.2) is 10.9 Å². The zero-order valence-electron chi connectivity index (χ0n) is 9.25. The Kier molecular flexibility index (Phi) is 4.39. The molecule has 0 atom stereocenters. The number of nitrogens with zero attached hydrogens (tertiary/aromatic N) is 1. The standard InChI is InChI=1S/C12H6BrCl2FN2O/c13-7-4-10(11(15)17-5-7)18-12(19)6-1-2-9(16)8(14)3-6/h1-5H,(H,18,19).